The summed E-state index contributed by atoms with van der Waals surface area (Å²) in [5.74, 6) is -1.24. The van der Waals surface area contributed by atoms with Crippen molar-refractivity contribution in [3.63, 3.8) is 0 Å². The van der Waals surface area contributed by atoms with Gasteiger partial charge in [-0.2, -0.15) is 0 Å². The zero-order valence-electron chi connectivity index (χ0n) is 12.6. The Bertz CT molecular complexity index is 491. The van der Waals surface area contributed by atoms with Gasteiger partial charge in [0.25, 0.3) is 0 Å². The van der Waals surface area contributed by atoms with Gasteiger partial charge in [-0.15, -0.1) is 0 Å². The van der Waals surface area contributed by atoms with Gasteiger partial charge in [0.05, 0.1) is 0 Å². The molecule has 1 amide bonds. The zero-order chi connectivity index (χ0) is 15.7. The fraction of sp³-hybridized carbons (Fsp3) is 0.412. The number of aliphatic carboxylic acids is 1. The van der Waals surface area contributed by atoms with Crippen molar-refractivity contribution < 1.29 is 14.7 Å². The molecule has 0 aliphatic heterocycles. The largest absolute Gasteiger partial charge is 0.480 e. The maximum atomic E-state index is 11.7. The monoisotopic (exact) mass is 289 g/mol. The zero-order valence-corrected chi connectivity index (χ0v) is 12.6. The second-order valence-corrected chi connectivity index (χ2v) is 5.12. The lowest BCUT2D eigenvalue weighted by atomic mass is 10.1. The van der Waals surface area contributed by atoms with E-state index in [0.29, 0.717) is 6.42 Å². The van der Waals surface area contributed by atoms with Crippen molar-refractivity contribution in [3.8, 4) is 0 Å². The van der Waals surface area contributed by atoms with Crippen molar-refractivity contribution in [2.24, 2.45) is 0 Å². The van der Waals surface area contributed by atoms with Crippen LogP contribution in [-0.2, 0) is 9.59 Å². The summed E-state index contributed by atoms with van der Waals surface area (Å²) in [5, 5.41) is 11.6. The quantitative estimate of drug-likeness (QED) is 0.772. The molecule has 0 unspecified atom stereocenters. The molecule has 1 atom stereocenters. The van der Waals surface area contributed by atoms with E-state index in [-0.39, 0.29) is 12.3 Å². The van der Waals surface area contributed by atoms with Crippen molar-refractivity contribution in [3.05, 3.63) is 41.5 Å². The third-order valence-corrected chi connectivity index (χ3v) is 3.17. The normalized spacial score (nSPS) is 12.3. The molecule has 1 rings (SSSR count). The van der Waals surface area contributed by atoms with Crippen molar-refractivity contribution in [1.82, 2.24) is 5.32 Å². The number of carboxylic acids is 1. The molecular formula is C17H23NO3. The highest BCUT2D eigenvalue weighted by Gasteiger charge is 2.18. The van der Waals surface area contributed by atoms with Crippen LogP contribution in [0.5, 0.6) is 0 Å². The Hall–Kier alpha value is -2.10. The van der Waals surface area contributed by atoms with E-state index in [0.717, 1.165) is 18.4 Å². The Morgan fingerprint density at radius 2 is 1.95 bits per heavy atom. The second-order valence-electron chi connectivity index (χ2n) is 5.12. The molecule has 0 aliphatic rings. The lowest BCUT2D eigenvalue weighted by Crippen LogP contribution is -2.40. The summed E-state index contributed by atoms with van der Waals surface area (Å²) in [5.41, 5.74) is 2.21. The maximum absolute atomic E-state index is 11.7. The molecule has 0 aliphatic carbocycles. The molecule has 0 saturated carbocycles. The van der Waals surface area contributed by atoms with E-state index in [4.69, 9.17) is 5.11 Å². The molecule has 4 heteroatoms. The van der Waals surface area contributed by atoms with Gasteiger partial charge < -0.3 is 10.4 Å². The first-order valence-electron chi connectivity index (χ1n) is 7.28. The summed E-state index contributed by atoms with van der Waals surface area (Å²) in [6.45, 7) is 4.01. The summed E-state index contributed by atoms with van der Waals surface area (Å²) < 4.78 is 0. The molecule has 2 N–H and O–H groups in total. The number of carboxylic acid groups (broad SMARTS) is 1. The van der Waals surface area contributed by atoms with Crippen LogP contribution < -0.4 is 5.32 Å². The fourth-order valence-electron chi connectivity index (χ4n) is 1.90. The van der Waals surface area contributed by atoms with Crippen LogP contribution in [0.1, 0.15) is 43.7 Å². The van der Waals surface area contributed by atoms with Gasteiger partial charge in [0, 0.05) is 6.42 Å². The molecule has 0 bridgehead atoms. The van der Waals surface area contributed by atoms with Gasteiger partial charge in [-0.25, -0.2) is 4.79 Å². The molecule has 0 radical (unpaired) electrons. The molecular weight excluding hydrogens is 266 g/mol. The van der Waals surface area contributed by atoms with Gasteiger partial charge >= 0.3 is 5.97 Å². The molecule has 0 fully saturated rings. The summed E-state index contributed by atoms with van der Waals surface area (Å²) >= 11 is 0. The van der Waals surface area contributed by atoms with Gasteiger partial charge in [-0.05, 0) is 18.9 Å². The molecule has 1 aromatic carbocycles. The van der Waals surface area contributed by atoms with Crippen LogP contribution in [0.4, 0.5) is 0 Å². The van der Waals surface area contributed by atoms with Crippen LogP contribution in [0.3, 0.4) is 0 Å². The molecule has 21 heavy (non-hydrogen) atoms. The third kappa shape index (κ3) is 6.75. The second kappa shape index (κ2) is 8.95. The summed E-state index contributed by atoms with van der Waals surface area (Å²) in [7, 11) is 0. The van der Waals surface area contributed by atoms with Crippen LogP contribution in [0.25, 0.3) is 6.08 Å². The predicted octanol–water partition coefficient (Wildman–Crippen LogP) is 3.16. The summed E-state index contributed by atoms with van der Waals surface area (Å²) in [6.07, 6.45) is 5.96. The average Bonchev–Trinajstić information content (AvgIpc) is 2.45. The fourth-order valence-corrected chi connectivity index (χ4v) is 1.90. The Labute approximate surface area is 125 Å². The summed E-state index contributed by atoms with van der Waals surface area (Å²) in [6, 6.07) is 7.18. The van der Waals surface area contributed by atoms with Gasteiger partial charge in [0.1, 0.15) is 6.04 Å². The summed E-state index contributed by atoms with van der Waals surface area (Å²) in [4.78, 5) is 22.8. The van der Waals surface area contributed by atoms with Gasteiger partial charge in [0.15, 0.2) is 0 Å². The van der Waals surface area contributed by atoms with Crippen molar-refractivity contribution in [1.29, 1.82) is 0 Å². The highest BCUT2D eigenvalue weighted by atomic mass is 16.4. The Balaban J connectivity index is 2.45. The van der Waals surface area contributed by atoms with E-state index in [1.165, 1.54) is 5.56 Å². The number of benzene rings is 1. The van der Waals surface area contributed by atoms with Crippen LogP contribution >= 0.6 is 0 Å². The van der Waals surface area contributed by atoms with Crippen LogP contribution in [0.15, 0.2) is 30.3 Å². The number of carbonyl (C=O) groups excluding carboxylic acids is 1. The average molecular weight is 289 g/mol. The first-order valence-corrected chi connectivity index (χ1v) is 7.28. The number of hydrogen-bond donors (Lipinski definition) is 2. The van der Waals surface area contributed by atoms with Crippen LogP contribution in [0.2, 0.25) is 0 Å². The van der Waals surface area contributed by atoms with Crippen LogP contribution in [0, 0.1) is 6.92 Å². The van der Waals surface area contributed by atoms with E-state index in [9.17, 15) is 9.59 Å². The number of unbranched alkanes of at least 4 members (excludes halogenated alkanes) is 1. The van der Waals surface area contributed by atoms with Crippen LogP contribution in [-0.4, -0.2) is 23.0 Å². The topological polar surface area (TPSA) is 66.4 Å². The number of hydrogen-bond acceptors (Lipinski definition) is 2. The van der Waals surface area contributed by atoms with Gasteiger partial charge in [0.2, 0.25) is 5.91 Å². The molecule has 0 heterocycles. The molecule has 0 spiro atoms. The smallest absolute Gasteiger partial charge is 0.326 e. The minimum absolute atomic E-state index is 0.184. The minimum atomic E-state index is -0.973. The minimum Gasteiger partial charge on any atom is -0.480 e. The molecule has 114 valence electrons. The van der Waals surface area contributed by atoms with Crippen molar-refractivity contribution in [2.45, 2.75) is 45.6 Å². The Morgan fingerprint density at radius 1 is 1.29 bits per heavy atom. The lowest BCUT2D eigenvalue weighted by Gasteiger charge is -2.13. The van der Waals surface area contributed by atoms with E-state index < -0.39 is 12.0 Å². The third-order valence-electron chi connectivity index (χ3n) is 3.17. The van der Waals surface area contributed by atoms with E-state index in [1.807, 2.05) is 44.2 Å². The highest BCUT2D eigenvalue weighted by Crippen LogP contribution is 2.06. The first-order chi connectivity index (χ1) is 10.0. The lowest BCUT2D eigenvalue weighted by molar-refractivity contribution is -0.141. The van der Waals surface area contributed by atoms with Gasteiger partial charge in [-0.3, -0.25) is 4.79 Å². The number of aryl methyl sites for hydroxylation is 1. The number of amides is 1. The molecule has 0 saturated heterocycles. The highest BCUT2D eigenvalue weighted by molar-refractivity contribution is 5.84. The molecule has 1 aromatic rings. The SMILES string of the molecule is CCCC[C@H](NC(=O)C/C=C/c1ccc(C)cc1)C(=O)O. The van der Waals surface area contributed by atoms with Crippen molar-refractivity contribution in [2.75, 3.05) is 0 Å². The standard InChI is InChI=1S/C17H23NO3/c1-3-4-7-15(17(20)21)18-16(19)8-5-6-14-11-9-13(2)10-12-14/h5-6,9-12,15H,3-4,7-8H2,1-2H3,(H,18,19)(H,20,21)/b6-5+/t15-/m0/s1. The number of nitrogens with one attached hydrogen (secondary N) is 1. The first kappa shape index (κ1) is 17.0. The predicted molar refractivity (Wildman–Crippen MR) is 83.9 cm³/mol. The van der Waals surface area contributed by atoms with E-state index in [2.05, 4.69) is 5.32 Å². The number of rotatable bonds is 8. The molecule has 4 nitrogen and oxygen atoms in total. The Morgan fingerprint density at radius 3 is 2.52 bits per heavy atom. The molecule has 0 aromatic heterocycles. The maximum Gasteiger partial charge on any atom is 0.326 e. The van der Waals surface area contributed by atoms with E-state index in [1.54, 1.807) is 6.08 Å². The number of carbonyl (C=O) groups is 2. The van der Waals surface area contributed by atoms with Gasteiger partial charge in [-0.1, -0.05) is 61.7 Å². The van der Waals surface area contributed by atoms with E-state index >= 15 is 0 Å². The Kier molecular flexibility index (Phi) is 7.23. The van der Waals surface area contributed by atoms with Crippen molar-refractivity contribution >= 4 is 18.0 Å².